The lowest BCUT2D eigenvalue weighted by molar-refractivity contribution is 0.624. The Morgan fingerprint density at radius 1 is 1.05 bits per heavy atom. The Morgan fingerprint density at radius 2 is 1.80 bits per heavy atom. The van der Waals surface area contributed by atoms with Crippen LogP contribution in [-0.2, 0) is 0 Å². The molecule has 0 saturated heterocycles. The monoisotopic (exact) mass is 331 g/mol. The highest BCUT2D eigenvalue weighted by atomic mass is 79.9. The van der Waals surface area contributed by atoms with Crippen LogP contribution in [0.5, 0.6) is 0 Å². The summed E-state index contributed by atoms with van der Waals surface area (Å²) in [4.78, 5) is 0. The Hall–Kier alpha value is -1.12. The van der Waals surface area contributed by atoms with Crippen molar-refractivity contribution < 1.29 is 0 Å². The number of aryl methyl sites for hydroxylation is 2. The van der Waals surface area contributed by atoms with Gasteiger partial charge in [0, 0.05) is 4.47 Å². The number of hydrogen-bond acceptors (Lipinski definition) is 1. The average molecular weight is 332 g/mol. The lowest BCUT2D eigenvalue weighted by Gasteiger charge is -2.23. The molecule has 1 nitrogen and oxygen atoms in total. The van der Waals surface area contributed by atoms with E-state index in [4.69, 9.17) is 0 Å². The Balaban J connectivity index is 2.56. The molecule has 106 valence electrons. The fourth-order valence-electron chi connectivity index (χ4n) is 2.56. The molecule has 20 heavy (non-hydrogen) atoms. The highest BCUT2D eigenvalue weighted by molar-refractivity contribution is 9.10. The number of rotatable bonds is 4. The smallest absolute Gasteiger partial charge is 0.0590 e. The second-order valence-corrected chi connectivity index (χ2v) is 6.16. The summed E-state index contributed by atoms with van der Waals surface area (Å²) in [5.74, 6) is 0. The van der Waals surface area contributed by atoms with E-state index in [9.17, 15) is 0 Å². The lowest BCUT2D eigenvalue weighted by atomic mass is 9.92. The molecule has 2 aromatic rings. The zero-order valence-electron chi connectivity index (χ0n) is 12.6. The van der Waals surface area contributed by atoms with Crippen molar-refractivity contribution in [1.29, 1.82) is 0 Å². The van der Waals surface area contributed by atoms with E-state index in [1.165, 1.54) is 27.8 Å². The third kappa shape index (κ3) is 3.13. The molecule has 0 radical (unpaired) electrons. The Labute approximate surface area is 130 Å². The van der Waals surface area contributed by atoms with Crippen molar-refractivity contribution in [3.8, 4) is 0 Å². The largest absolute Gasteiger partial charge is 0.306 e. The van der Waals surface area contributed by atoms with Gasteiger partial charge in [0.1, 0.15) is 0 Å². The minimum absolute atomic E-state index is 0.231. The molecule has 0 heterocycles. The fourth-order valence-corrected chi connectivity index (χ4v) is 3.04. The van der Waals surface area contributed by atoms with Crippen LogP contribution in [0.25, 0.3) is 0 Å². The Morgan fingerprint density at radius 3 is 2.50 bits per heavy atom. The SMILES string of the molecule is CCNC(c1cc(C)ccc1Br)c1cccc(C)c1C. The third-order valence-electron chi connectivity index (χ3n) is 3.83. The molecular weight excluding hydrogens is 310 g/mol. The highest BCUT2D eigenvalue weighted by Crippen LogP contribution is 2.31. The Kier molecular flexibility index (Phi) is 5.00. The van der Waals surface area contributed by atoms with Gasteiger partial charge in [0.25, 0.3) is 0 Å². The predicted molar refractivity (Wildman–Crippen MR) is 90.3 cm³/mol. The molecule has 0 aromatic heterocycles. The summed E-state index contributed by atoms with van der Waals surface area (Å²) >= 11 is 3.70. The van der Waals surface area contributed by atoms with E-state index in [2.05, 4.69) is 85.3 Å². The summed E-state index contributed by atoms with van der Waals surface area (Å²) in [7, 11) is 0. The molecule has 1 unspecified atom stereocenters. The van der Waals surface area contributed by atoms with Gasteiger partial charge in [0.05, 0.1) is 6.04 Å². The maximum atomic E-state index is 3.70. The van der Waals surface area contributed by atoms with E-state index in [1.807, 2.05) is 0 Å². The second kappa shape index (κ2) is 6.55. The normalized spacial score (nSPS) is 12.4. The molecule has 0 aliphatic carbocycles. The predicted octanol–water partition coefficient (Wildman–Crippen LogP) is 5.07. The van der Waals surface area contributed by atoms with E-state index in [0.29, 0.717) is 0 Å². The molecule has 0 aliphatic rings. The van der Waals surface area contributed by atoms with E-state index in [1.54, 1.807) is 0 Å². The zero-order valence-corrected chi connectivity index (χ0v) is 14.2. The molecule has 1 atom stereocenters. The van der Waals surface area contributed by atoms with Gasteiger partial charge in [-0.25, -0.2) is 0 Å². The lowest BCUT2D eigenvalue weighted by Crippen LogP contribution is -2.23. The van der Waals surface area contributed by atoms with Crippen molar-refractivity contribution in [1.82, 2.24) is 5.32 Å². The molecule has 0 fully saturated rings. The topological polar surface area (TPSA) is 12.0 Å². The van der Waals surface area contributed by atoms with Crippen LogP contribution in [-0.4, -0.2) is 6.54 Å². The van der Waals surface area contributed by atoms with Gasteiger partial charge in [-0.2, -0.15) is 0 Å². The van der Waals surface area contributed by atoms with Gasteiger partial charge < -0.3 is 5.32 Å². The van der Waals surface area contributed by atoms with Crippen molar-refractivity contribution in [2.75, 3.05) is 6.54 Å². The molecule has 0 saturated carbocycles. The summed E-state index contributed by atoms with van der Waals surface area (Å²) in [6.07, 6.45) is 0. The van der Waals surface area contributed by atoms with E-state index < -0.39 is 0 Å². The van der Waals surface area contributed by atoms with Gasteiger partial charge in [-0.3, -0.25) is 0 Å². The molecule has 0 bridgehead atoms. The minimum Gasteiger partial charge on any atom is -0.306 e. The number of nitrogens with one attached hydrogen (secondary N) is 1. The molecule has 0 amide bonds. The molecule has 2 heteroatoms. The van der Waals surface area contributed by atoms with Crippen LogP contribution < -0.4 is 5.32 Å². The summed E-state index contributed by atoms with van der Waals surface area (Å²) in [5.41, 5.74) is 6.66. The van der Waals surface area contributed by atoms with Gasteiger partial charge in [0.15, 0.2) is 0 Å². The van der Waals surface area contributed by atoms with Crippen molar-refractivity contribution in [2.24, 2.45) is 0 Å². The van der Waals surface area contributed by atoms with Gasteiger partial charge in [-0.15, -0.1) is 0 Å². The zero-order chi connectivity index (χ0) is 14.7. The summed E-state index contributed by atoms with van der Waals surface area (Å²) < 4.78 is 1.16. The summed E-state index contributed by atoms with van der Waals surface area (Å²) in [6.45, 7) is 9.62. The second-order valence-electron chi connectivity index (χ2n) is 5.30. The summed E-state index contributed by atoms with van der Waals surface area (Å²) in [5, 5.41) is 3.62. The first-order valence-electron chi connectivity index (χ1n) is 7.10. The first kappa shape index (κ1) is 15.3. The summed E-state index contributed by atoms with van der Waals surface area (Å²) in [6, 6.07) is 13.3. The van der Waals surface area contributed by atoms with Crippen LogP contribution in [0.15, 0.2) is 40.9 Å². The van der Waals surface area contributed by atoms with Crippen molar-refractivity contribution in [3.05, 3.63) is 68.7 Å². The first-order valence-corrected chi connectivity index (χ1v) is 7.89. The Bertz CT molecular complexity index is 602. The maximum Gasteiger partial charge on any atom is 0.0590 e. The number of halogens is 1. The fraction of sp³-hybridized carbons (Fsp3) is 0.333. The standard InChI is InChI=1S/C18H22BrN/c1-5-20-18(15-8-6-7-13(3)14(15)4)16-11-12(2)9-10-17(16)19/h6-11,18,20H,5H2,1-4H3. The molecule has 0 spiro atoms. The molecule has 2 rings (SSSR count). The van der Waals surface area contributed by atoms with Gasteiger partial charge in [-0.1, -0.05) is 58.7 Å². The van der Waals surface area contributed by atoms with Crippen LogP contribution in [0.2, 0.25) is 0 Å². The average Bonchev–Trinajstić information content (AvgIpc) is 2.43. The molecule has 0 aliphatic heterocycles. The van der Waals surface area contributed by atoms with E-state index in [0.717, 1.165) is 11.0 Å². The van der Waals surface area contributed by atoms with Crippen LogP contribution in [0.4, 0.5) is 0 Å². The molecular formula is C18H22BrN. The van der Waals surface area contributed by atoms with Crippen molar-refractivity contribution in [2.45, 2.75) is 33.7 Å². The molecule has 2 aromatic carbocycles. The van der Waals surface area contributed by atoms with Crippen LogP contribution in [0, 0.1) is 20.8 Å². The van der Waals surface area contributed by atoms with E-state index in [-0.39, 0.29) is 6.04 Å². The van der Waals surface area contributed by atoms with E-state index >= 15 is 0 Å². The van der Waals surface area contributed by atoms with Crippen LogP contribution >= 0.6 is 15.9 Å². The van der Waals surface area contributed by atoms with Crippen molar-refractivity contribution >= 4 is 15.9 Å². The van der Waals surface area contributed by atoms with Gasteiger partial charge in [-0.05, 0) is 55.6 Å². The molecule has 1 N–H and O–H groups in total. The number of benzene rings is 2. The minimum atomic E-state index is 0.231. The van der Waals surface area contributed by atoms with Gasteiger partial charge in [0.2, 0.25) is 0 Å². The first-order chi connectivity index (χ1) is 9.54. The van der Waals surface area contributed by atoms with Crippen molar-refractivity contribution in [3.63, 3.8) is 0 Å². The number of hydrogen-bond donors (Lipinski definition) is 1. The highest BCUT2D eigenvalue weighted by Gasteiger charge is 2.18. The maximum absolute atomic E-state index is 3.70. The van der Waals surface area contributed by atoms with Crippen LogP contribution in [0.1, 0.15) is 40.8 Å². The third-order valence-corrected chi connectivity index (χ3v) is 4.55. The quantitative estimate of drug-likeness (QED) is 0.824. The van der Waals surface area contributed by atoms with Crippen LogP contribution in [0.3, 0.4) is 0 Å². The van der Waals surface area contributed by atoms with Gasteiger partial charge >= 0.3 is 0 Å².